The molecule has 1 aromatic heterocycles. The molecule has 25 heavy (non-hydrogen) atoms. The highest BCUT2D eigenvalue weighted by atomic mass is 16.2. The molecule has 1 N–H and O–H groups in total. The van der Waals surface area contributed by atoms with Crippen LogP contribution in [0.1, 0.15) is 40.0 Å². The van der Waals surface area contributed by atoms with Crippen molar-refractivity contribution in [1.29, 1.82) is 0 Å². The van der Waals surface area contributed by atoms with Crippen molar-refractivity contribution in [3.05, 3.63) is 75.1 Å². The Bertz CT molecular complexity index is 1080. The summed E-state index contributed by atoms with van der Waals surface area (Å²) in [7, 11) is 0. The van der Waals surface area contributed by atoms with Crippen molar-refractivity contribution < 1.29 is 4.79 Å². The molecule has 4 heteroatoms. The molecule has 2 heterocycles. The predicted molar refractivity (Wildman–Crippen MR) is 100 cm³/mol. The van der Waals surface area contributed by atoms with Gasteiger partial charge in [-0.1, -0.05) is 18.2 Å². The fourth-order valence-corrected chi connectivity index (χ4v) is 3.60. The third kappa shape index (κ3) is 2.45. The van der Waals surface area contributed by atoms with E-state index in [-0.39, 0.29) is 22.9 Å². The number of para-hydroxylation sites is 1. The lowest BCUT2D eigenvalue weighted by molar-refractivity contribution is 0.102. The molecule has 0 aliphatic carbocycles. The highest BCUT2D eigenvalue weighted by Crippen LogP contribution is 2.31. The minimum Gasteiger partial charge on any atom is -0.343 e. The molecule has 0 unspecified atom stereocenters. The smallest absolute Gasteiger partial charge is 0.261 e. The molecule has 0 saturated heterocycles. The van der Waals surface area contributed by atoms with Crippen molar-refractivity contribution in [2.24, 2.45) is 0 Å². The van der Waals surface area contributed by atoms with Gasteiger partial charge in [-0.3, -0.25) is 9.59 Å². The van der Waals surface area contributed by atoms with Crippen LogP contribution in [0.3, 0.4) is 0 Å². The van der Waals surface area contributed by atoms with Crippen LogP contribution in [-0.2, 0) is 6.42 Å². The maximum atomic E-state index is 12.8. The van der Waals surface area contributed by atoms with Crippen molar-refractivity contribution in [1.82, 2.24) is 4.57 Å². The van der Waals surface area contributed by atoms with Crippen LogP contribution in [0.25, 0.3) is 10.9 Å². The summed E-state index contributed by atoms with van der Waals surface area (Å²) in [5.74, 6) is -0.358. The van der Waals surface area contributed by atoms with Gasteiger partial charge in [0.1, 0.15) is 5.56 Å². The molecular formula is C21H20N2O2. The molecule has 0 bridgehead atoms. The van der Waals surface area contributed by atoms with E-state index in [9.17, 15) is 9.59 Å². The van der Waals surface area contributed by atoms with Gasteiger partial charge in [0.15, 0.2) is 0 Å². The molecule has 0 fully saturated rings. The number of pyridine rings is 1. The van der Waals surface area contributed by atoms with Gasteiger partial charge in [-0.2, -0.15) is 0 Å². The molecule has 2 aromatic carbocycles. The Kier molecular flexibility index (Phi) is 3.49. The van der Waals surface area contributed by atoms with Crippen molar-refractivity contribution in [2.75, 3.05) is 5.32 Å². The van der Waals surface area contributed by atoms with Gasteiger partial charge in [0.2, 0.25) is 5.43 Å². The van der Waals surface area contributed by atoms with Gasteiger partial charge >= 0.3 is 0 Å². The van der Waals surface area contributed by atoms with Gasteiger partial charge < -0.3 is 9.88 Å². The van der Waals surface area contributed by atoms with Crippen LogP contribution in [0.15, 0.2) is 47.4 Å². The number of nitrogens with zero attached hydrogens (tertiary/aromatic N) is 1. The van der Waals surface area contributed by atoms with Crippen LogP contribution in [-0.4, -0.2) is 10.5 Å². The van der Waals surface area contributed by atoms with Gasteiger partial charge in [0, 0.05) is 23.3 Å². The Morgan fingerprint density at radius 3 is 2.72 bits per heavy atom. The van der Waals surface area contributed by atoms with Gasteiger partial charge in [-0.25, -0.2) is 0 Å². The van der Waals surface area contributed by atoms with Crippen LogP contribution >= 0.6 is 0 Å². The molecule has 1 aliphatic rings. The monoisotopic (exact) mass is 332 g/mol. The van der Waals surface area contributed by atoms with E-state index >= 15 is 0 Å². The van der Waals surface area contributed by atoms with Crippen LogP contribution in [0.2, 0.25) is 0 Å². The minimum absolute atomic E-state index is 0.191. The third-order valence-corrected chi connectivity index (χ3v) is 5.13. The normalized spacial score (nSPS) is 15.6. The molecule has 0 saturated carbocycles. The largest absolute Gasteiger partial charge is 0.343 e. The SMILES string of the molecule is Cc1ccc(NC(=O)c2cn3c4c(cccc4c2=O)C[C@@H]3C)cc1C. The fourth-order valence-electron chi connectivity index (χ4n) is 3.60. The first-order valence-corrected chi connectivity index (χ1v) is 8.51. The van der Waals surface area contributed by atoms with E-state index in [0.29, 0.717) is 11.1 Å². The van der Waals surface area contributed by atoms with E-state index in [2.05, 4.69) is 22.9 Å². The summed E-state index contributed by atoms with van der Waals surface area (Å²) in [4.78, 5) is 25.6. The standard InChI is InChI=1S/C21H20N2O2/c1-12-7-8-16(9-13(12)2)22-21(25)18-11-23-14(3)10-15-5-4-6-17(19(15)23)20(18)24/h4-9,11,14H,10H2,1-3H3,(H,22,25)/t14-/m0/s1. The zero-order valence-corrected chi connectivity index (χ0v) is 14.6. The number of benzene rings is 2. The lowest BCUT2D eigenvalue weighted by atomic mass is 10.1. The first-order chi connectivity index (χ1) is 12.0. The molecule has 1 amide bonds. The zero-order chi connectivity index (χ0) is 17.7. The second kappa shape index (κ2) is 5.59. The van der Waals surface area contributed by atoms with Gasteiger partial charge in [-0.15, -0.1) is 0 Å². The summed E-state index contributed by atoms with van der Waals surface area (Å²) in [6.45, 7) is 6.13. The number of carbonyl (C=O) groups excluding carboxylic acids is 1. The molecule has 4 rings (SSSR count). The third-order valence-electron chi connectivity index (χ3n) is 5.13. The molecule has 0 spiro atoms. The van der Waals surface area contributed by atoms with Gasteiger partial charge in [0.05, 0.1) is 5.52 Å². The van der Waals surface area contributed by atoms with Crippen molar-refractivity contribution in [2.45, 2.75) is 33.2 Å². The number of carbonyl (C=O) groups is 1. The minimum atomic E-state index is -0.358. The van der Waals surface area contributed by atoms with E-state index < -0.39 is 0 Å². The van der Waals surface area contributed by atoms with Gasteiger partial charge in [0.25, 0.3) is 5.91 Å². The second-order valence-electron chi connectivity index (χ2n) is 6.90. The molecule has 3 aromatic rings. The number of aryl methyl sites for hydroxylation is 2. The van der Waals surface area contributed by atoms with Crippen LogP contribution in [0, 0.1) is 13.8 Å². The molecule has 126 valence electrons. The topological polar surface area (TPSA) is 51.1 Å². The fraction of sp³-hybridized carbons (Fsp3) is 0.238. The van der Waals surface area contributed by atoms with E-state index in [4.69, 9.17) is 0 Å². The maximum Gasteiger partial charge on any atom is 0.261 e. The number of rotatable bonds is 2. The van der Waals surface area contributed by atoms with Crippen molar-refractivity contribution >= 4 is 22.5 Å². The highest BCUT2D eigenvalue weighted by Gasteiger charge is 2.24. The van der Waals surface area contributed by atoms with Crippen LogP contribution in [0.4, 0.5) is 5.69 Å². The number of hydrogen-bond acceptors (Lipinski definition) is 2. The molecule has 4 nitrogen and oxygen atoms in total. The number of anilines is 1. The number of hydrogen-bond donors (Lipinski definition) is 1. The summed E-state index contributed by atoms with van der Waals surface area (Å²) < 4.78 is 2.06. The maximum absolute atomic E-state index is 12.8. The number of amides is 1. The average Bonchev–Trinajstić information content (AvgIpc) is 2.90. The van der Waals surface area contributed by atoms with E-state index in [1.807, 2.05) is 44.2 Å². The van der Waals surface area contributed by atoms with Crippen LogP contribution in [0.5, 0.6) is 0 Å². The Morgan fingerprint density at radius 1 is 1.16 bits per heavy atom. The Hall–Kier alpha value is -2.88. The lowest BCUT2D eigenvalue weighted by Crippen LogP contribution is -2.23. The highest BCUT2D eigenvalue weighted by molar-refractivity contribution is 6.06. The Morgan fingerprint density at radius 2 is 1.96 bits per heavy atom. The number of aromatic nitrogens is 1. The molecule has 1 aliphatic heterocycles. The first-order valence-electron chi connectivity index (χ1n) is 8.51. The predicted octanol–water partition coefficient (Wildman–Crippen LogP) is 3.99. The number of nitrogens with one attached hydrogen (secondary N) is 1. The summed E-state index contributed by atoms with van der Waals surface area (Å²) >= 11 is 0. The summed E-state index contributed by atoms with van der Waals surface area (Å²) in [6, 6.07) is 11.7. The quantitative estimate of drug-likeness (QED) is 0.771. The van der Waals surface area contributed by atoms with E-state index in [0.717, 1.165) is 17.5 Å². The van der Waals surface area contributed by atoms with Crippen LogP contribution < -0.4 is 10.7 Å². The lowest BCUT2D eigenvalue weighted by Gasteiger charge is -2.13. The second-order valence-corrected chi connectivity index (χ2v) is 6.90. The zero-order valence-electron chi connectivity index (χ0n) is 14.6. The van der Waals surface area contributed by atoms with E-state index in [1.165, 1.54) is 11.1 Å². The summed E-state index contributed by atoms with van der Waals surface area (Å²) in [5.41, 5.74) is 5.09. The summed E-state index contributed by atoms with van der Waals surface area (Å²) in [6.07, 6.45) is 2.60. The van der Waals surface area contributed by atoms with Crippen molar-refractivity contribution in [3.8, 4) is 0 Å². The average molecular weight is 332 g/mol. The summed E-state index contributed by atoms with van der Waals surface area (Å²) in [5, 5.41) is 3.48. The first kappa shape index (κ1) is 15.6. The molecule has 0 radical (unpaired) electrons. The molecular weight excluding hydrogens is 312 g/mol. The van der Waals surface area contributed by atoms with Crippen molar-refractivity contribution in [3.63, 3.8) is 0 Å². The van der Waals surface area contributed by atoms with E-state index in [1.54, 1.807) is 6.20 Å². The Labute approximate surface area is 146 Å². The molecule has 1 atom stereocenters. The Balaban J connectivity index is 1.80. The van der Waals surface area contributed by atoms with Gasteiger partial charge in [-0.05, 0) is 62.1 Å².